The highest BCUT2D eigenvalue weighted by molar-refractivity contribution is 6.31. The largest absolute Gasteiger partial charge is 0.507 e. The normalized spacial score (nSPS) is 21.9. The predicted octanol–water partition coefficient (Wildman–Crippen LogP) is 1.16. The molecule has 0 saturated heterocycles. The van der Waals surface area contributed by atoms with Gasteiger partial charge < -0.3 is 29.9 Å². The van der Waals surface area contributed by atoms with E-state index in [0.29, 0.717) is 0 Å². The van der Waals surface area contributed by atoms with Gasteiger partial charge in [0.25, 0.3) is 0 Å². The number of carbonyl (C=O) groups excluding carboxylic acids is 3. The van der Waals surface area contributed by atoms with Crippen molar-refractivity contribution >= 4 is 17.3 Å². The molecular weight excluding hydrogens is 408 g/mol. The summed E-state index contributed by atoms with van der Waals surface area (Å²) in [6.07, 6.45) is -2.40. The number of methoxy groups -OCH3 is 1. The SMILES string of the molecule is COCOc1cccc2c1C(=O)c1c(O)c3c(c(O)c1C2=O)CC(O)(C(C)=O)CC3O. The molecule has 0 spiro atoms. The third-order valence-electron chi connectivity index (χ3n) is 5.86. The Kier molecular flexibility index (Phi) is 4.84. The summed E-state index contributed by atoms with van der Waals surface area (Å²) in [4.78, 5) is 38.4. The van der Waals surface area contributed by atoms with Crippen LogP contribution in [0.3, 0.4) is 0 Å². The van der Waals surface area contributed by atoms with Crippen LogP contribution in [-0.4, -0.2) is 57.3 Å². The maximum Gasteiger partial charge on any atom is 0.202 e. The molecule has 4 N–H and O–H groups in total. The lowest BCUT2D eigenvalue weighted by Crippen LogP contribution is -2.44. The molecule has 162 valence electrons. The van der Waals surface area contributed by atoms with Gasteiger partial charge in [0.1, 0.15) is 22.8 Å². The van der Waals surface area contributed by atoms with Crippen molar-refractivity contribution in [2.45, 2.75) is 31.5 Å². The van der Waals surface area contributed by atoms with E-state index in [1.165, 1.54) is 25.3 Å². The molecule has 2 aliphatic rings. The van der Waals surface area contributed by atoms with Crippen LogP contribution in [-0.2, 0) is 16.0 Å². The third kappa shape index (κ3) is 2.93. The van der Waals surface area contributed by atoms with E-state index in [1.807, 2.05) is 0 Å². The monoisotopic (exact) mass is 428 g/mol. The molecule has 0 saturated carbocycles. The Morgan fingerprint density at radius 2 is 1.81 bits per heavy atom. The molecule has 0 aliphatic heterocycles. The van der Waals surface area contributed by atoms with Crippen molar-refractivity contribution in [3.8, 4) is 17.2 Å². The lowest BCUT2D eigenvalue weighted by atomic mass is 9.72. The summed E-state index contributed by atoms with van der Waals surface area (Å²) >= 11 is 0. The maximum absolute atomic E-state index is 13.3. The van der Waals surface area contributed by atoms with Crippen molar-refractivity contribution < 1.29 is 44.3 Å². The summed E-state index contributed by atoms with van der Waals surface area (Å²) in [6.45, 7) is 0.952. The van der Waals surface area contributed by atoms with Crippen LogP contribution in [0.5, 0.6) is 17.2 Å². The minimum Gasteiger partial charge on any atom is -0.507 e. The Morgan fingerprint density at radius 1 is 1.13 bits per heavy atom. The fourth-order valence-corrected chi connectivity index (χ4v) is 4.28. The fraction of sp³-hybridized carbons (Fsp3) is 0.318. The van der Waals surface area contributed by atoms with Crippen molar-refractivity contribution in [3.63, 3.8) is 0 Å². The second-order valence-corrected chi connectivity index (χ2v) is 7.71. The molecule has 0 heterocycles. The van der Waals surface area contributed by atoms with E-state index in [4.69, 9.17) is 9.47 Å². The molecular formula is C22H20O9. The maximum atomic E-state index is 13.3. The lowest BCUT2D eigenvalue weighted by Gasteiger charge is -2.36. The lowest BCUT2D eigenvalue weighted by molar-refractivity contribution is -0.139. The van der Waals surface area contributed by atoms with Crippen LogP contribution < -0.4 is 4.74 Å². The second kappa shape index (κ2) is 7.16. The standard InChI is InChI=1S/C22H20O9/c1-9(23)22(29)6-11-14(12(24)7-22)20(27)17-16(19(11)26)18(25)10-4-3-5-13(31-8-30-2)15(10)21(17)28/h3-5,12,24,26-27,29H,6-8H2,1-2H3. The molecule has 9 nitrogen and oxygen atoms in total. The smallest absolute Gasteiger partial charge is 0.202 e. The highest BCUT2D eigenvalue weighted by atomic mass is 16.7. The van der Waals surface area contributed by atoms with E-state index in [-0.39, 0.29) is 34.8 Å². The average molecular weight is 428 g/mol. The molecule has 0 fully saturated rings. The zero-order valence-electron chi connectivity index (χ0n) is 16.8. The van der Waals surface area contributed by atoms with Gasteiger partial charge in [-0.2, -0.15) is 0 Å². The highest BCUT2D eigenvalue weighted by Gasteiger charge is 2.47. The highest BCUT2D eigenvalue weighted by Crippen LogP contribution is 2.50. The van der Waals surface area contributed by atoms with Gasteiger partial charge in [0, 0.05) is 36.6 Å². The van der Waals surface area contributed by atoms with Crippen LogP contribution in [0, 0.1) is 0 Å². The average Bonchev–Trinajstić information content (AvgIpc) is 2.72. The van der Waals surface area contributed by atoms with Gasteiger partial charge in [-0.15, -0.1) is 0 Å². The van der Waals surface area contributed by atoms with Crippen LogP contribution in [0.4, 0.5) is 0 Å². The van der Waals surface area contributed by atoms with Crippen molar-refractivity contribution in [2.24, 2.45) is 0 Å². The molecule has 31 heavy (non-hydrogen) atoms. The van der Waals surface area contributed by atoms with Gasteiger partial charge in [0.2, 0.25) is 5.78 Å². The summed E-state index contributed by atoms with van der Waals surface area (Å²) in [5.74, 6) is -3.42. The van der Waals surface area contributed by atoms with E-state index < -0.39 is 64.5 Å². The van der Waals surface area contributed by atoms with Gasteiger partial charge in [-0.05, 0) is 13.0 Å². The van der Waals surface area contributed by atoms with Gasteiger partial charge >= 0.3 is 0 Å². The molecule has 0 aromatic heterocycles. The summed E-state index contributed by atoms with van der Waals surface area (Å²) < 4.78 is 10.2. The number of aliphatic hydroxyl groups is 2. The minimum absolute atomic E-state index is 0.0426. The van der Waals surface area contributed by atoms with E-state index in [2.05, 4.69) is 0 Å². The molecule has 2 aromatic rings. The number of aromatic hydroxyl groups is 2. The molecule has 9 heteroatoms. The first-order valence-corrected chi connectivity index (χ1v) is 9.48. The minimum atomic E-state index is -1.98. The number of benzene rings is 2. The number of Topliss-reactive ketones (excluding diaryl/α,β-unsaturated/α-hetero) is 1. The van der Waals surface area contributed by atoms with Gasteiger partial charge in [-0.3, -0.25) is 14.4 Å². The summed E-state index contributed by atoms with van der Waals surface area (Å²) in [7, 11) is 1.39. The van der Waals surface area contributed by atoms with Gasteiger partial charge in [0.05, 0.1) is 22.8 Å². The number of phenols is 2. The number of rotatable bonds is 4. The number of hydrogen-bond acceptors (Lipinski definition) is 9. The quantitative estimate of drug-likeness (QED) is 0.354. The predicted molar refractivity (Wildman–Crippen MR) is 104 cm³/mol. The molecule has 2 atom stereocenters. The molecule has 0 bridgehead atoms. The first kappa shape index (κ1) is 21.0. The Balaban J connectivity index is 1.97. The summed E-state index contributed by atoms with van der Waals surface area (Å²) in [5.41, 5.74) is -3.37. The van der Waals surface area contributed by atoms with Gasteiger partial charge in [0.15, 0.2) is 18.4 Å². The number of aliphatic hydroxyl groups excluding tert-OH is 1. The molecule has 0 radical (unpaired) electrons. The van der Waals surface area contributed by atoms with Crippen molar-refractivity contribution in [1.29, 1.82) is 0 Å². The van der Waals surface area contributed by atoms with Crippen LogP contribution >= 0.6 is 0 Å². The molecule has 2 aliphatic carbocycles. The Morgan fingerprint density at radius 3 is 2.45 bits per heavy atom. The van der Waals surface area contributed by atoms with Crippen LogP contribution in [0.1, 0.15) is 62.4 Å². The fourth-order valence-electron chi connectivity index (χ4n) is 4.28. The Hall–Kier alpha value is -3.27. The van der Waals surface area contributed by atoms with Gasteiger partial charge in [-0.25, -0.2) is 0 Å². The van der Waals surface area contributed by atoms with Gasteiger partial charge in [-0.1, -0.05) is 12.1 Å². The molecule has 2 unspecified atom stereocenters. The number of fused-ring (bicyclic) bond motifs is 3. The second-order valence-electron chi connectivity index (χ2n) is 7.71. The zero-order valence-corrected chi connectivity index (χ0v) is 16.8. The number of phenolic OH excluding ortho intramolecular Hbond substituents is 2. The van der Waals surface area contributed by atoms with Crippen molar-refractivity contribution in [3.05, 3.63) is 51.6 Å². The zero-order chi connectivity index (χ0) is 22.7. The van der Waals surface area contributed by atoms with E-state index in [9.17, 15) is 34.8 Å². The number of ketones is 3. The number of ether oxygens (including phenoxy) is 2. The number of hydrogen-bond donors (Lipinski definition) is 4. The molecule has 4 rings (SSSR count). The Bertz CT molecular complexity index is 1150. The first-order chi connectivity index (χ1) is 14.6. The summed E-state index contributed by atoms with van der Waals surface area (Å²) in [6, 6.07) is 4.34. The number of carbonyl (C=O) groups is 3. The van der Waals surface area contributed by atoms with Crippen molar-refractivity contribution in [2.75, 3.05) is 13.9 Å². The first-order valence-electron chi connectivity index (χ1n) is 9.48. The van der Waals surface area contributed by atoms with Crippen LogP contribution in [0.25, 0.3) is 0 Å². The third-order valence-corrected chi connectivity index (χ3v) is 5.86. The summed E-state index contributed by atoms with van der Waals surface area (Å²) in [5, 5.41) is 42.9. The molecule has 0 amide bonds. The van der Waals surface area contributed by atoms with Crippen LogP contribution in [0.15, 0.2) is 18.2 Å². The Labute approximate surface area is 176 Å². The topological polar surface area (TPSA) is 151 Å². The van der Waals surface area contributed by atoms with E-state index >= 15 is 0 Å². The van der Waals surface area contributed by atoms with Crippen LogP contribution in [0.2, 0.25) is 0 Å². The van der Waals surface area contributed by atoms with E-state index in [1.54, 1.807) is 0 Å². The van der Waals surface area contributed by atoms with Crippen molar-refractivity contribution in [1.82, 2.24) is 0 Å². The van der Waals surface area contributed by atoms with E-state index in [0.717, 1.165) is 6.92 Å². The molecule has 2 aromatic carbocycles.